The summed E-state index contributed by atoms with van der Waals surface area (Å²) in [6, 6.07) is 20.9. The van der Waals surface area contributed by atoms with E-state index in [0.29, 0.717) is 35.9 Å². The van der Waals surface area contributed by atoms with Crippen LogP contribution in [0.3, 0.4) is 0 Å². The van der Waals surface area contributed by atoms with Gasteiger partial charge in [-0.1, -0.05) is 29.8 Å². The van der Waals surface area contributed by atoms with E-state index in [1.54, 1.807) is 18.3 Å². The molecule has 1 amide bonds. The number of nitrogens with one attached hydrogen (secondary N) is 1. The number of benzene rings is 3. The molecule has 7 heteroatoms. The molecule has 3 aromatic carbocycles. The lowest BCUT2D eigenvalue weighted by atomic mass is 9.94. The molecule has 0 spiro atoms. The molecular formula is C28H24ClN3O3. The molecule has 1 saturated heterocycles. The average molecular weight is 486 g/mol. The van der Waals surface area contributed by atoms with Crippen molar-refractivity contribution in [3.63, 3.8) is 0 Å². The fourth-order valence-electron chi connectivity index (χ4n) is 5.13. The van der Waals surface area contributed by atoms with E-state index in [1.165, 1.54) is 0 Å². The Morgan fingerprint density at radius 2 is 1.94 bits per heavy atom. The van der Waals surface area contributed by atoms with Crippen molar-refractivity contribution < 1.29 is 14.6 Å². The number of anilines is 1. The van der Waals surface area contributed by atoms with Crippen molar-refractivity contribution in [2.45, 2.75) is 24.8 Å². The summed E-state index contributed by atoms with van der Waals surface area (Å²) in [5, 5.41) is 15.3. The normalized spacial score (nSPS) is 19.7. The minimum atomic E-state index is -0.0643. The molecule has 3 heterocycles. The molecule has 176 valence electrons. The third kappa shape index (κ3) is 4.26. The predicted molar refractivity (Wildman–Crippen MR) is 137 cm³/mol. The van der Waals surface area contributed by atoms with E-state index in [1.807, 2.05) is 48.5 Å². The van der Waals surface area contributed by atoms with Gasteiger partial charge in [-0.3, -0.25) is 9.78 Å². The van der Waals surface area contributed by atoms with Gasteiger partial charge in [0.25, 0.3) is 0 Å². The molecule has 4 aromatic rings. The zero-order valence-corrected chi connectivity index (χ0v) is 19.7. The molecule has 35 heavy (non-hydrogen) atoms. The van der Waals surface area contributed by atoms with Gasteiger partial charge < -0.3 is 20.1 Å². The lowest BCUT2D eigenvalue weighted by Gasteiger charge is -2.20. The van der Waals surface area contributed by atoms with E-state index in [4.69, 9.17) is 16.3 Å². The third-order valence-electron chi connectivity index (χ3n) is 6.87. The lowest BCUT2D eigenvalue weighted by Crippen LogP contribution is -2.40. The number of carbonyl (C=O) groups excluding carboxylic acids is 1. The SMILES string of the molecule is O=C1CCc2ccc(O)c(c2)Oc2cccc(c2)[C@@H]2CN(c3ccnc4cc(Cl)ccc34)C[C@H]2N1. The number of fused-ring (bicyclic) bond motifs is 7. The van der Waals surface area contributed by atoms with Crippen molar-refractivity contribution >= 4 is 34.1 Å². The third-order valence-corrected chi connectivity index (χ3v) is 7.10. The number of halogens is 1. The topological polar surface area (TPSA) is 74.7 Å². The van der Waals surface area contributed by atoms with Gasteiger partial charge in [0.05, 0.1) is 11.6 Å². The molecule has 0 radical (unpaired) electrons. The fourth-order valence-corrected chi connectivity index (χ4v) is 5.30. The Balaban J connectivity index is 1.39. The number of pyridine rings is 1. The van der Waals surface area contributed by atoms with Crippen molar-refractivity contribution in [3.05, 3.63) is 89.1 Å². The highest BCUT2D eigenvalue weighted by atomic mass is 35.5. The molecular weight excluding hydrogens is 462 g/mol. The number of phenolic OH excluding ortho intramolecular Hbond substituents is 1. The second kappa shape index (κ2) is 8.78. The fraction of sp³-hybridized carbons (Fsp3) is 0.214. The second-order valence-electron chi connectivity index (χ2n) is 9.15. The number of phenols is 1. The Kier molecular flexibility index (Phi) is 5.46. The first-order chi connectivity index (χ1) is 17.0. The number of aryl methyl sites for hydroxylation is 1. The molecule has 0 unspecified atom stereocenters. The number of hydrogen-bond donors (Lipinski definition) is 2. The maximum absolute atomic E-state index is 13.0. The molecule has 2 aliphatic heterocycles. The number of ether oxygens (including phenoxy) is 1. The average Bonchev–Trinajstić information content (AvgIpc) is 3.27. The standard InChI is InChI=1S/C28H24ClN3O3/c29-19-6-7-21-23(14-19)30-11-10-25(21)32-15-22-18-2-1-3-20(13-18)35-27-12-17(4-8-26(27)33)5-9-28(34)31-24(22)16-32/h1-4,6-8,10-14,22,24,33H,5,9,15-16H2,(H,31,34)/t22-,24+/m0/s1. The highest BCUT2D eigenvalue weighted by molar-refractivity contribution is 6.31. The molecule has 6 nitrogen and oxygen atoms in total. The van der Waals surface area contributed by atoms with Crippen LogP contribution in [0.25, 0.3) is 10.9 Å². The summed E-state index contributed by atoms with van der Waals surface area (Å²) in [6.45, 7) is 1.41. The summed E-state index contributed by atoms with van der Waals surface area (Å²) >= 11 is 6.19. The Hall–Kier alpha value is -3.77. The monoisotopic (exact) mass is 485 g/mol. The second-order valence-corrected chi connectivity index (χ2v) is 9.59. The zero-order valence-electron chi connectivity index (χ0n) is 18.9. The maximum atomic E-state index is 13.0. The van der Waals surface area contributed by atoms with E-state index < -0.39 is 0 Å². The van der Waals surface area contributed by atoms with E-state index >= 15 is 0 Å². The molecule has 2 aliphatic rings. The minimum Gasteiger partial charge on any atom is -0.504 e. The summed E-state index contributed by atoms with van der Waals surface area (Å²) in [5.41, 5.74) is 3.93. The molecule has 1 aromatic heterocycles. The van der Waals surface area contributed by atoms with E-state index in [2.05, 4.69) is 21.3 Å². The van der Waals surface area contributed by atoms with Gasteiger partial charge in [-0.2, -0.15) is 0 Å². The van der Waals surface area contributed by atoms with Gasteiger partial charge in [0.1, 0.15) is 5.75 Å². The van der Waals surface area contributed by atoms with Crippen LogP contribution in [-0.2, 0) is 11.2 Å². The zero-order chi connectivity index (χ0) is 23.9. The first-order valence-electron chi connectivity index (χ1n) is 11.7. The number of aromatic nitrogens is 1. The highest BCUT2D eigenvalue weighted by Crippen LogP contribution is 2.38. The summed E-state index contributed by atoms with van der Waals surface area (Å²) in [6.07, 6.45) is 2.73. The van der Waals surface area contributed by atoms with Gasteiger partial charge in [0.2, 0.25) is 5.91 Å². The molecule has 0 saturated carbocycles. The highest BCUT2D eigenvalue weighted by Gasteiger charge is 2.36. The van der Waals surface area contributed by atoms with Crippen molar-refractivity contribution in [3.8, 4) is 17.2 Å². The van der Waals surface area contributed by atoms with Crippen LogP contribution in [0, 0.1) is 0 Å². The number of nitrogens with zero attached hydrogens (tertiary/aromatic N) is 2. The summed E-state index contributed by atoms with van der Waals surface area (Å²) < 4.78 is 6.07. The van der Waals surface area contributed by atoms with Crippen LogP contribution in [-0.4, -0.2) is 35.1 Å². The van der Waals surface area contributed by atoms with Crippen molar-refractivity contribution in [2.24, 2.45) is 0 Å². The van der Waals surface area contributed by atoms with Crippen LogP contribution in [0.4, 0.5) is 5.69 Å². The van der Waals surface area contributed by atoms with Crippen molar-refractivity contribution in [2.75, 3.05) is 18.0 Å². The van der Waals surface area contributed by atoms with E-state index in [9.17, 15) is 9.90 Å². The number of rotatable bonds is 1. The summed E-state index contributed by atoms with van der Waals surface area (Å²) in [4.78, 5) is 19.8. The first kappa shape index (κ1) is 21.7. The summed E-state index contributed by atoms with van der Waals surface area (Å²) in [5.74, 6) is 1.20. The van der Waals surface area contributed by atoms with Crippen molar-refractivity contribution in [1.82, 2.24) is 10.3 Å². The Morgan fingerprint density at radius 3 is 2.86 bits per heavy atom. The minimum absolute atomic E-state index is 0.0131. The number of carbonyl (C=O) groups is 1. The first-order valence-corrected chi connectivity index (χ1v) is 12.1. The molecule has 1 fully saturated rings. The van der Waals surface area contributed by atoms with E-state index in [-0.39, 0.29) is 23.6 Å². The van der Waals surface area contributed by atoms with Crippen LogP contribution < -0.4 is 15.0 Å². The quantitative estimate of drug-likeness (QED) is 0.376. The van der Waals surface area contributed by atoms with Gasteiger partial charge in [-0.15, -0.1) is 0 Å². The number of aromatic hydroxyl groups is 1. The van der Waals surface area contributed by atoms with Crippen LogP contribution in [0.15, 0.2) is 72.9 Å². The van der Waals surface area contributed by atoms with Gasteiger partial charge in [-0.25, -0.2) is 0 Å². The molecule has 2 atom stereocenters. The predicted octanol–water partition coefficient (Wildman–Crippen LogP) is 5.42. The summed E-state index contributed by atoms with van der Waals surface area (Å²) in [7, 11) is 0. The van der Waals surface area contributed by atoms with Crippen LogP contribution in [0.5, 0.6) is 17.2 Å². The Morgan fingerprint density at radius 1 is 1.03 bits per heavy atom. The molecule has 2 N–H and O–H groups in total. The molecule has 0 aliphatic carbocycles. The lowest BCUT2D eigenvalue weighted by molar-refractivity contribution is -0.121. The van der Waals surface area contributed by atoms with Gasteiger partial charge in [0.15, 0.2) is 11.5 Å². The van der Waals surface area contributed by atoms with Crippen molar-refractivity contribution in [1.29, 1.82) is 0 Å². The number of amides is 1. The van der Waals surface area contributed by atoms with Gasteiger partial charge in [-0.05, 0) is 66.1 Å². The smallest absolute Gasteiger partial charge is 0.220 e. The van der Waals surface area contributed by atoms with Crippen LogP contribution in [0.2, 0.25) is 5.02 Å². The van der Waals surface area contributed by atoms with Crippen LogP contribution in [0.1, 0.15) is 23.5 Å². The van der Waals surface area contributed by atoms with Gasteiger partial charge >= 0.3 is 0 Å². The Labute approximate surface area is 208 Å². The maximum Gasteiger partial charge on any atom is 0.220 e. The molecule has 4 bridgehead atoms. The van der Waals surface area contributed by atoms with Gasteiger partial charge in [0, 0.05) is 47.7 Å². The molecule has 6 rings (SSSR count). The largest absolute Gasteiger partial charge is 0.504 e. The van der Waals surface area contributed by atoms with E-state index in [0.717, 1.165) is 34.3 Å². The Bertz CT molecular complexity index is 1440. The number of hydrogen-bond acceptors (Lipinski definition) is 5. The van der Waals surface area contributed by atoms with Crippen LogP contribution >= 0.6 is 11.6 Å².